The molecule has 0 saturated carbocycles. The first kappa shape index (κ1) is 38.8. The van der Waals surface area contributed by atoms with E-state index in [-0.39, 0.29) is 24.4 Å². The number of ether oxygens (including phenoxy) is 2. The van der Waals surface area contributed by atoms with E-state index in [4.69, 9.17) is 9.47 Å². The van der Waals surface area contributed by atoms with Gasteiger partial charge in [0.05, 0.1) is 12.7 Å². The van der Waals surface area contributed by atoms with E-state index in [2.05, 4.69) is 19.2 Å². The third-order valence-electron chi connectivity index (χ3n) is 8.85. The SMILES string of the molecule is CCCCCCCCCCCCCC(=O)N[C@H]1C(O)O[C@H](CO)[C@@H](C)[C@@H]1OC(=O)CCCCCCCCCCCCC. The summed E-state index contributed by atoms with van der Waals surface area (Å²) in [5, 5.41) is 23.2. The normalized spacial score (nSPS) is 22.3. The van der Waals surface area contributed by atoms with Crippen molar-refractivity contribution in [2.45, 2.75) is 199 Å². The molecule has 248 valence electrons. The minimum atomic E-state index is -1.33. The van der Waals surface area contributed by atoms with Gasteiger partial charge in [0.15, 0.2) is 6.29 Å². The summed E-state index contributed by atoms with van der Waals surface area (Å²) >= 11 is 0. The molecule has 1 aliphatic rings. The van der Waals surface area contributed by atoms with Crippen LogP contribution in [-0.4, -0.2) is 53.2 Å². The number of esters is 1. The van der Waals surface area contributed by atoms with Crippen molar-refractivity contribution in [1.29, 1.82) is 0 Å². The van der Waals surface area contributed by atoms with Gasteiger partial charge in [0.25, 0.3) is 0 Å². The molecule has 1 saturated heterocycles. The van der Waals surface area contributed by atoms with E-state index in [1.165, 1.54) is 103 Å². The van der Waals surface area contributed by atoms with Crippen LogP contribution in [0.4, 0.5) is 0 Å². The molecule has 0 bridgehead atoms. The average molecular weight is 598 g/mol. The molecule has 0 aromatic rings. The zero-order valence-corrected chi connectivity index (χ0v) is 27.6. The van der Waals surface area contributed by atoms with E-state index in [1.54, 1.807) is 0 Å². The summed E-state index contributed by atoms with van der Waals surface area (Å²) < 4.78 is 11.4. The number of nitrogens with one attached hydrogen (secondary N) is 1. The largest absolute Gasteiger partial charge is 0.460 e. The molecule has 1 heterocycles. The lowest BCUT2D eigenvalue weighted by molar-refractivity contribution is -0.241. The molecule has 7 nitrogen and oxygen atoms in total. The van der Waals surface area contributed by atoms with E-state index in [1.807, 2.05) is 6.92 Å². The Morgan fingerprint density at radius 3 is 1.50 bits per heavy atom. The van der Waals surface area contributed by atoms with Gasteiger partial charge in [-0.1, -0.05) is 149 Å². The quantitative estimate of drug-likeness (QED) is 0.0652. The predicted octanol–water partition coefficient (Wildman–Crippen LogP) is 8.13. The smallest absolute Gasteiger partial charge is 0.306 e. The Hall–Kier alpha value is -1.18. The van der Waals surface area contributed by atoms with E-state index in [9.17, 15) is 19.8 Å². The minimum absolute atomic E-state index is 0.167. The van der Waals surface area contributed by atoms with Gasteiger partial charge in [0, 0.05) is 18.8 Å². The van der Waals surface area contributed by atoms with Crippen LogP contribution in [-0.2, 0) is 19.1 Å². The Bertz CT molecular complexity index is 659. The maximum Gasteiger partial charge on any atom is 0.306 e. The van der Waals surface area contributed by atoms with Gasteiger partial charge >= 0.3 is 5.97 Å². The molecule has 1 unspecified atom stereocenters. The lowest BCUT2D eigenvalue weighted by atomic mass is 9.89. The summed E-state index contributed by atoms with van der Waals surface area (Å²) in [5.74, 6) is -0.843. The third kappa shape index (κ3) is 18.5. The fourth-order valence-corrected chi connectivity index (χ4v) is 5.98. The number of amides is 1. The number of rotatable bonds is 27. The molecule has 1 rings (SSSR count). The van der Waals surface area contributed by atoms with Crippen molar-refractivity contribution >= 4 is 11.9 Å². The van der Waals surface area contributed by atoms with Crippen LogP contribution in [0.2, 0.25) is 0 Å². The first-order valence-electron chi connectivity index (χ1n) is 17.9. The van der Waals surface area contributed by atoms with Crippen LogP contribution in [0, 0.1) is 5.92 Å². The molecule has 0 aliphatic carbocycles. The predicted molar refractivity (Wildman–Crippen MR) is 171 cm³/mol. The monoisotopic (exact) mass is 597 g/mol. The van der Waals surface area contributed by atoms with Crippen molar-refractivity contribution in [3.8, 4) is 0 Å². The number of aliphatic hydroxyl groups excluding tert-OH is 2. The molecule has 42 heavy (non-hydrogen) atoms. The van der Waals surface area contributed by atoms with E-state index < -0.39 is 24.5 Å². The van der Waals surface area contributed by atoms with Gasteiger partial charge in [-0.2, -0.15) is 0 Å². The minimum Gasteiger partial charge on any atom is -0.460 e. The van der Waals surface area contributed by atoms with Crippen LogP contribution in [0.3, 0.4) is 0 Å². The fraction of sp³-hybridized carbons (Fsp3) is 0.943. The Labute approximate surface area is 258 Å². The molecular formula is C35H67NO6. The number of aliphatic hydroxyl groups is 2. The lowest BCUT2D eigenvalue weighted by Crippen LogP contribution is -2.62. The van der Waals surface area contributed by atoms with Gasteiger partial charge in [-0.3, -0.25) is 9.59 Å². The van der Waals surface area contributed by atoms with Crippen LogP contribution < -0.4 is 5.32 Å². The zero-order chi connectivity index (χ0) is 30.8. The summed E-state index contributed by atoms with van der Waals surface area (Å²) in [7, 11) is 0. The van der Waals surface area contributed by atoms with Crippen LogP contribution in [0.1, 0.15) is 175 Å². The van der Waals surface area contributed by atoms with Crippen LogP contribution in [0.5, 0.6) is 0 Å². The molecule has 5 atom stereocenters. The van der Waals surface area contributed by atoms with Crippen molar-refractivity contribution in [2.75, 3.05) is 6.61 Å². The zero-order valence-electron chi connectivity index (χ0n) is 27.6. The lowest BCUT2D eigenvalue weighted by Gasteiger charge is -2.43. The topological polar surface area (TPSA) is 105 Å². The highest BCUT2D eigenvalue weighted by Crippen LogP contribution is 2.28. The first-order valence-corrected chi connectivity index (χ1v) is 17.9. The highest BCUT2D eigenvalue weighted by molar-refractivity contribution is 5.76. The van der Waals surface area contributed by atoms with Gasteiger partial charge in [-0.05, 0) is 12.8 Å². The number of unbranched alkanes of at least 4 members (excludes halogenated alkanes) is 20. The molecule has 0 aromatic heterocycles. The van der Waals surface area contributed by atoms with Gasteiger partial charge in [0.2, 0.25) is 5.91 Å². The van der Waals surface area contributed by atoms with Crippen LogP contribution in [0.25, 0.3) is 0 Å². The molecule has 1 amide bonds. The van der Waals surface area contributed by atoms with Crippen LogP contribution in [0.15, 0.2) is 0 Å². The standard InChI is InChI=1S/C35H67NO6/c1-4-6-8-10-12-14-16-18-20-22-24-26-31(38)36-33-34(29(3)30(28-37)41-35(33)40)42-32(39)27-25-23-21-19-17-15-13-11-9-7-5-2/h29-30,33-35,37,40H,4-28H2,1-3H3,(H,36,38)/t29-,30-,33-,34+,35?/m1/s1. The summed E-state index contributed by atoms with van der Waals surface area (Å²) in [6.07, 6.45) is 24.6. The molecule has 7 heteroatoms. The highest BCUT2D eigenvalue weighted by Gasteiger charge is 2.45. The van der Waals surface area contributed by atoms with Crippen molar-refractivity contribution < 1.29 is 29.3 Å². The van der Waals surface area contributed by atoms with E-state index in [0.29, 0.717) is 12.8 Å². The molecule has 0 radical (unpaired) electrons. The number of hydrogen-bond donors (Lipinski definition) is 3. The molecular weight excluding hydrogens is 530 g/mol. The average Bonchev–Trinajstić information content (AvgIpc) is 2.98. The fourth-order valence-electron chi connectivity index (χ4n) is 5.98. The third-order valence-corrected chi connectivity index (χ3v) is 8.85. The maximum absolute atomic E-state index is 12.7. The first-order chi connectivity index (χ1) is 20.4. The summed E-state index contributed by atoms with van der Waals surface area (Å²) in [5.41, 5.74) is 0. The molecule has 1 aliphatic heterocycles. The van der Waals surface area contributed by atoms with Gasteiger partial charge in [0.1, 0.15) is 12.1 Å². The highest BCUT2D eigenvalue weighted by atomic mass is 16.6. The Morgan fingerprint density at radius 2 is 1.07 bits per heavy atom. The van der Waals surface area contributed by atoms with E-state index >= 15 is 0 Å². The Balaban J connectivity index is 2.32. The van der Waals surface area contributed by atoms with Gasteiger partial charge < -0.3 is 25.0 Å². The van der Waals surface area contributed by atoms with Crippen molar-refractivity contribution in [2.24, 2.45) is 5.92 Å². The van der Waals surface area contributed by atoms with Crippen molar-refractivity contribution in [3.63, 3.8) is 0 Å². The van der Waals surface area contributed by atoms with Crippen LogP contribution >= 0.6 is 0 Å². The second-order valence-electron chi connectivity index (χ2n) is 12.7. The Kier molecular flexibility index (Phi) is 24.3. The van der Waals surface area contributed by atoms with E-state index in [0.717, 1.165) is 38.5 Å². The molecule has 3 N–H and O–H groups in total. The maximum atomic E-state index is 12.7. The molecule has 0 aromatic carbocycles. The van der Waals surface area contributed by atoms with Gasteiger partial charge in [-0.25, -0.2) is 0 Å². The van der Waals surface area contributed by atoms with Gasteiger partial charge in [-0.15, -0.1) is 0 Å². The number of carbonyl (C=O) groups excluding carboxylic acids is 2. The Morgan fingerprint density at radius 1 is 0.667 bits per heavy atom. The van der Waals surface area contributed by atoms with Crippen molar-refractivity contribution in [1.82, 2.24) is 5.32 Å². The number of hydrogen-bond acceptors (Lipinski definition) is 6. The molecule has 1 fully saturated rings. The summed E-state index contributed by atoms with van der Waals surface area (Å²) in [4.78, 5) is 25.4. The number of carbonyl (C=O) groups is 2. The summed E-state index contributed by atoms with van der Waals surface area (Å²) in [6.45, 7) is 6.03. The molecule has 0 spiro atoms. The summed E-state index contributed by atoms with van der Waals surface area (Å²) in [6, 6.07) is -0.843. The second kappa shape index (κ2) is 26.2. The second-order valence-corrected chi connectivity index (χ2v) is 12.7. The van der Waals surface area contributed by atoms with Crippen molar-refractivity contribution in [3.05, 3.63) is 0 Å².